The lowest BCUT2D eigenvalue weighted by atomic mass is 10.1. The van der Waals surface area contributed by atoms with Crippen molar-refractivity contribution in [3.8, 4) is 0 Å². The van der Waals surface area contributed by atoms with Gasteiger partial charge in [-0.15, -0.1) is 24.0 Å². The lowest BCUT2D eigenvalue weighted by molar-refractivity contribution is -0.129. The van der Waals surface area contributed by atoms with Gasteiger partial charge in [-0.2, -0.15) is 0 Å². The first-order valence-electron chi connectivity index (χ1n) is 9.01. The summed E-state index contributed by atoms with van der Waals surface area (Å²) in [7, 11) is 1.81. The Morgan fingerprint density at radius 2 is 2.04 bits per heavy atom. The van der Waals surface area contributed by atoms with Crippen LogP contribution in [0, 0.1) is 5.92 Å². The van der Waals surface area contributed by atoms with Crippen molar-refractivity contribution in [2.45, 2.75) is 44.7 Å². The van der Waals surface area contributed by atoms with Gasteiger partial charge < -0.3 is 15.5 Å². The fourth-order valence-electron chi connectivity index (χ4n) is 3.43. The van der Waals surface area contributed by atoms with Gasteiger partial charge in [0, 0.05) is 38.6 Å². The van der Waals surface area contributed by atoms with E-state index in [1.165, 1.54) is 12.0 Å². The van der Waals surface area contributed by atoms with Gasteiger partial charge in [0.2, 0.25) is 5.91 Å². The van der Waals surface area contributed by atoms with Crippen molar-refractivity contribution in [1.29, 1.82) is 0 Å². The van der Waals surface area contributed by atoms with Crippen LogP contribution in [0.4, 0.5) is 0 Å². The maximum atomic E-state index is 11.8. The van der Waals surface area contributed by atoms with Gasteiger partial charge >= 0.3 is 0 Å². The highest BCUT2D eigenvalue weighted by Crippen LogP contribution is 2.33. The Labute approximate surface area is 167 Å². The van der Waals surface area contributed by atoms with E-state index in [4.69, 9.17) is 0 Å². The van der Waals surface area contributed by atoms with Crippen LogP contribution < -0.4 is 10.6 Å². The third-order valence-electron chi connectivity index (χ3n) is 4.99. The van der Waals surface area contributed by atoms with Crippen molar-refractivity contribution in [2.24, 2.45) is 10.9 Å². The summed E-state index contributed by atoms with van der Waals surface area (Å²) in [6.45, 7) is 3.55. The van der Waals surface area contributed by atoms with E-state index in [0.717, 1.165) is 31.9 Å². The Kier molecular flexibility index (Phi) is 7.53. The van der Waals surface area contributed by atoms with Gasteiger partial charge in [0.15, 0.2) is 5.96 Å². The van der Waals surface area contributed by atoms with E-state index in [1.54, 1.807) is 0 Å². The normalized spacial score (nSPS) is 25.3. The molecule has 25 heavy (non-hydrogen) atoms. The predicted octanol–water partition coefficient (Wildman–Crippen LogP) is 2.41. The van der Waals surface area contributed by atoms with Gasteiger partial charge in [0.1, 0.15) is 0 Å². The van der Waals surface area contributed by atoms with E-state index in [2.05, 4.69) is 46.0 Å². The first kappa shape index (κ1) is 20.0. The number of carbonyl (C=O) groups is 1. The van der Waals surface area contributed by atoms with Gasteiger partial charge in [-0.3, -0.25) is 9.79 Å². The minimum atomic E-state index is 0. The molecule has 1 aromatic rings. The molecule has 1 saturated heterocycles. The van der Waals surface area contributed by atoms with Crippen molar-refractivity contribution >= 4 is 35.8 Å². The number of nitrogens with zero attached hydrogens (tertiary/aromatic N) is 2. The van der Waals surface area contributed by atoms with E-state index in [0.29, 0.717) is 24.4 Å². The third-order valence-corrected chi connectivity index (χ3v) is 4.99. The van der Waals surface area contributed by atoms with Crippen LogP contribution in [0.3, 0.4) is 0 Å². The quantitative estimate of drug-likeness (QED) is 0.407. The summed E-state index contributed by atoms with van der Waals surface area (Å²) in [5.41, 5.74) is 1.40. The second-order valence-electron chi connectivity index (χ2n) is 6.83. The molecule has 2 N–H and O–H groups in total. The van der Waals surface area contributed by atoms with Crippen LogP contribution in [0.5, 0.6) is 0 Å². The van der Waals surface area contributed by atoms with E-state index >= 15 is 0 Å². The molecule has 1 aliphatic heterocycles. The highest BCUT2D eigenvalue weighted by Gasteiger charge is 2.38. The summed E-state index contributed by atoms with van der Waals surface area (Å²) in [5, 5.41) is 7.01. The minimum Gasteiger partial charge on any atom is -0.353 e. The van der Waals surface area contributed by atoms with Crippen LogP contribution >= 0.6 is 24.0 Å². The molecule has 3 rings (SSSR count). The molecule has 1 saturated carbocycles. The first-order valence-corrected chi connectivity index (χ1v) is 9.01. The Bertz CT molecular complexity index is 592. The van der Waals surface area contributed by atoms with E-state index in [-0.39, 0.29) is 29.9 Å². The molecule has 6 heteroatoms. The van der Waals surface area contributed by atoms with Crippen molar-refractivity contribution in [1.82, 2.24) is 15.5 Å². The van der Waals surface area contributed by atoms with E-state index in [9.17, 15) is 4.79 Å². The lowest BCUT2D eigenvalue weighted by Crippen LogP contribution is -2.46. The Balaban J connectivity index is 0.00000225. The number of likely N-dealkylation sites (tertiary alicyclic amines) is 1. The molecule has 0 bridgehead atoms. The molecule has 2 fully saturated rings. The summed E-state index contributed by atoms with van der Waals surface area (Å²) >= 11 is 0. The number of hydrogen-bond acceptors (Lipinski definition) is 2. The van der Waals surface area contributed by atoms with Gasteiger partial charge in [0.25, 0.3) is 0 Å². The van der Waals surface area contributed by atoms with Crippen LogP contribution in [-0.2, 0) is 11.2 Å². The van der Waals surface area contributed by atoms with Gasteiger partial charge in [-0.05, 0) is 30.7 Å². The summed E-state index contributed by atoms with van der Waals surface area (Å²) in [6, 6.07) is 11.5. The number of carbonyl (C=O) groups excluding carboxylic acids is 1. The fourth-order valence-corrected chi connectivity index (χ4v) is 3.43. The predicted molar refractivity (Wildman–Crippen MR) is 112 cm³/mol. The summed E-state index contributed by atoms with van der Waals surface area (Å²) < 4.78 is 0. The largest absolute Gasteiger partial charge is 0.353 e. The first-order chi connectivity index (χ1) is 11.7. The summed E-state index contributed by atoms with van der Waals surface area (Å²) in [4.78, 5) is 18.1. The van der Waals surface area contributed by atoms with Crippen LogP contribution in [0.1, 0.15) is 31.7 Å². The number of halogens is 1. The molecule has 2 aliphatic rings. The molecule has 1 aromatic carbocycles. The zero-order chi connectivity index (χ0) is 16.9. The second-order valence-corrected chi connectivity index (χ2v) is 6.83. The number of hydrogen-bond donors (Lipinski definition) is 2. The smallest absolute Gasteiger partial charge is 0.222 e. The number of nitrogens with one attached hydrogen (secondary N) is 2. The molecular weight excluding hydrogens is 427 g/mol. The van der Waals surface area contributed by atoms with Crippen molar-refractivity contribution < 1.29 is 4.79 Å². The van der Waals surface area contributed by atoms with Gasteiger partial charge in [-0.25, -0.2) is 0 Å². The average Bonchev–Trinajstić information content (AvgIpc) is 3.15. The molecular formula is C19H29IN4O. The molecule has 1 amide bonds. The molecule has 0 radical (unpaired) electrons. The minimum absolute atomic E-state index is 0. The van der Waals surface area contributed by atoms with E-state index in [1.807, 2.05) is 18.9 Å². The molecule has 0 spiro atoms. The van der Waals surface area contributed by atoms with Crippen molar-refractivity contribution in [3.05, 3.63) is 35.9 Å². The third kappa shape index (κ3) is 5.59. The number of rotatable bonds is 5. The van der Waals surface area contributed by atoms with Crippen LogP contribution in [0.2, 0.25) is 0 Å². The molecule has 3 atom stereocenters. The van der Waals surface area contributed by atoms with E-state index < -0.39 is 0 Å². The highest BCUT2D eigenvalue weighted by atomic mass is 127. The molecule has 3 unspecified atom stereocenters. The average molecular weight is 456 g/mol. The fraction of sp³-hybridized carbons (Fsp3) is 0.579. The van der Waals surface area contributed by atoms with Crippen LogP contribution in [0.15, 0.2) is 35.3 Å². The molecule has 0 aromatic heterocycles. The maximum Gasteiger partial charge on any atom is 0.222 e. The van der Waals surface area contributed by atoms with Gasteiger partial charge in [-0.1, -0.05) is 37.3 Å². The number of benzene rings is 1. The van der Waals surface area contributed by atoms with Crippen molar-refractivity contribution in [3.63, 3.8) is 0 Å². The Morgan fingerprint density at radius 1 is 1.28 bits per heavy atom. The Morgan fingerprint density at radius 3 is 2.72 bits per heavy atom. The standard InChI is InChI=1S/C19H28N4O.HI/c1-3-18(24)23-10-9-16(13-23)21-19(20-2)22-17-12-15(17)11-14-7-5-4-6-8-14;/h4-8,15-17H,3,9-13H2,1-2H3,(H2,20,21,22);1H. The van der Waals surface area contributed by atoms with Crippen LogP contribution in [-0.4, -0.2) is 49.0 Å². The van der Waals surface area contributed by atoms with Crippen LogP contribution in [0.25, 0.3) is 0 Å². The number of aliphatic imine (C=N–C) groups is 1. The number of guanidine groups is 1. The van der Waals surface area contributed by atoms with Crippen molar-refractivity contribution in [2.75, 3.05) is 20.1 Å². The zero-order valence-corrected chi connectivity index (χ0v) is 17.4. The highest BCUT2D eigenvalue weighted by molar-refractivity contribution is 14.0. The molecule has 5 nitrogen and oxygen atoms in total. The molecule has 1 aliphatic carbocycles. The Hall–Kier alpha value is -1.31. The monoisotopic (exact) mass is 456 g/mol. The summed E-state index contributed by atoms with van der Waals surface area (Å²) in [6.07, 6.45) is 3.89. The summed E-state index contributed by atoms with van der Waals surface area (Å²) in [5.74, 6) is 1.80. The molecule has 1 heterocycles. The lowest BCUT2D eigenvalue weighted by Gasteiger charge is -2.18. The zero-order valence-electron chi connectivity index (χ0n) is 15.1. The molecule has 138 valence electrons. The second kappa shape index (κ2) is 9.40. The number of amides is 1. The SMILES string of the molecule is CCC(=O)N1CCC(NC(=NC)NC2CC2Cc2ccccc2)C1.I. The topological polar surface area (TPSA) is 56.7 Å². The maximum absolute atomic E-state index is 11.8. The van der Waals surface area contributed by atoms with Gasteiger partial charge in [0.05, 0.1) is 0 Å².